The summed E-state index contributed by atoms with van der Waals surface area (Å²) in [6.07, 6.45) is 2.66. The minimum atomic E-state index is -1.06. The molecule has 1 atom stereocenters. The minimum Gasteiger partial charge on any atom is -0.491 e. The van der Waals surface area contributed by atoms with Crippen molar-refractivity contribution in [2.45, 2.75) is 37.8 Å². The normalized spacial score (nSPS) is 17.5. The number of aliphatic carboxylic acids is 1. The van der Waals surface area contributed by atoms with Gasteiger partial charge in [-0.05, 0) is 43.9 Å². The van der Waals surface area contributed by atoms with Gasteiger partial charge in [-0.2, -0.15) is 0 Å². The predicted molar refractivity (Wildman–Crippen MR) is 74.9 cm³/mol. The van der Waals surface area contributed by atoms with Crippen LogP contribution in [0.25, 0.3) is 0 Å². The Labute approximate surface area is 118 Å². The summed E-state index contributed by atoms with van der Waals surface area (Å²) in [6.45, 7) is 1.84. The number of aliphatic hydroxyl groups excluding tert-OH is 1. The molecule has 0 aliphatic heterocycles. The molecule has 1 unspecified atom stereocenters. The highest BCUT2D eigenvalue weighted by molar-refractivity contribution is 5.78. The van der Waals surface area contributed by atoms with E-state index < -0.39 is 11.5 Å². The van der Waals surface area contributed by atoms with Gasteiger partial charge in [-0.1, -0.05) is 12.1 Å². The average molecular weight is 279 g/mol. The van der Waals surface area contributed by atoms with E-state index in [-0.39, 0.29) is 13.2 Å². The van der Waals surface area contributed by atoms with E-state index in [9.17, 15) is 9.90 Å². The molecule has 110 valence electrons. The van der Waals surface area contributed by atoms with Crippen molar-refractivity contribution in [2.24, 2.45) is 0 Å². The van der Waals surface area contributed by atoms with Crippen LogP contribution in [0.1, 0.15) is 25.3 Å². The molecule has 0 radical (unpaired) electrons. The molecule has 0 bridgehead atoms. The maximum Gasteiger partial charge on any atom is 0.327 e. The van der Waals surface area contributed by atoms with Gasteiger partial charge in [0.25, 0.3) is 0 Å². The molecule has 2 rings (SSSR count). The number of carbonyl (C=O) groups is 1. The largest absolute Gasteiger partial charge is 0.491 e. The Morgan fingerprint density at radius 3 is 2.55 bits per heavy atom. The van der Waals surface area contributed by atoms with E-state index in [0.29, 0.717) is 18.2 Å². The van der Waals surface area contributed by atoms with E-state index in [1.54, 1.807) is 19.1 Å². The molecular weight excluding hydrogens is 258 g/mol. The van der Waals surface area contributed by atoms with Crippen molar-refractivity contribution in [2.75, 3.05) is 13.2 Å². The fourth-order valence-electron chi connectivity index (χ4n) is 1.95. The van der Waals surface area contributed by atoms with Gasteiger partial charge < -0.3 is 14.9 Å². The van der Waals surface area contributed by atoms with Crippen LogP contribution in [0.15, 0.2) is 24.3 Å². The molecule has 1 fully saturated rings. The van der Waals surface area contributed by atoms with Crippen LogP contribution >= 0.6 is 0 Å². The molecule has 1 aliphatic carbocycles. The van der Waals surface area contributed by atoms with Crippen LogP contribution in [0.4, 0.5) is 0 Å². The first-order valence-corrected chi connectivity index (χ1v) is 6.87. The highest BCUT2D eigenvalue weighted by atomic mass is 16.5. The van der Waals surface area contributed by atoms with Crippen LogP contribution in [0.5, 0.6) is 5.75 Å². The average Bonchev–Trinajstić information content (AvgIpc) is 3.22. The summed E-state index contributed by atoms with van der Waals surface area (Å²) in [7, 11) is 0. The van der Waals surface area contributed by atoms with Crippen molar-refractivity contribution in [1.82, 2.24) is 5.32 Å². The number of nitrogens with one attached hydrogen (secondary N) is 1. The lowest BCUT2D eigenvalue weighted by Crippen LogP contribution is -2.54. The summed E-state index contributed by atoms with van der Waals surface area (Å²) < 4.78 is 5.59. The molecule has 1 aromatic rings. The highest BCUT2D eigenvalue weighted by Gasteiger charge is 2.39. The van der Waals surface area contributed by atoms with Crippen molar-refractivity contribution >= 4 is 5.97 Å². The molecule has 0 heterocycles. The Morgan fingerprint density at radius 2 is 2.05 bits per heavy atom. The Balaban J connectivity index is 1.92. The minimum absolute atomic E-state index is 0.0815. The summed E-state index contributed by atoms with van der Waals surface area (Å²) in [6, 6.07) is 7.64. The van der Waals surface area contributed by atoms with Crippen LogP contribution in [0.2, 0.25) is 0 Å². The molecule has 0 spiro atoms. The number of rotatable bonds is 8. The molecule has 5 nitrogen and oxygen atoms in total. The van der Waals surface area contributed by atoms with Gasteiger partial charge >= 0.3 is 5.97 Å². The van der Waals surface area contributed by atoms with E-state index in [0.717, 1.165) is 18.4 Å². The SMILES string of the molecule is CC(COc1ccc(CCO)cc1)(NC1CC1)C(=O)O. The van der Waals surface area contributed by atoms with Crippen LogP contribution < -0.4 is 10.1 Å². The molecule has 0 saturated heterocycles. The Bertz CT molecular complexity index is 455. The molecule has 3 N–H and O–H groups in total. The molecule has 1 aliphatic rings. The van der Waals surface area contributed by atoms with E-state index in [4.69, 9.17) is 9.84 Å². The first kappa shape index (κ1) is 14.8. The Kier molecular flexibility index (Phi) is 4.62. The van der Waals surface area contributed by atoms with Gasteiger partial charge in [-0.15, -0.1) is 0 Å². The fourth-order valence-corrected chi connectivity index (χ4v) is 1.95. The lowest BCUT2D eigenvalue weighted by molar-refractivity contribution is -0.145. The summed E-state index contributed by atoms with van der Waals surface area (Å²) in [4.78, 5) is 11.4. The first-order chi connectivity index (χ1) is 9.53. The second kappa shape index (κ2) is 6.24. The van der Waals surface area contributed by atoms with Crippen molar-refractivity contribution < 1.29 is 19.7 Å². The molecule has 0 aromatic heterocycles. The van der Waals surface area contributed by atoms with Gasteiger partial charge in [0.05, 0.1) is 0 Å². The van der Waals surface area contributed by atoms with Crippen molar-refractivity contribution in [3.63, 3.8) is 0 Å². The Hall–Kier alpha value is -1.59. The lowest BCUT2D eigenvalue weighted by atomic mass is 10.0. The van der Waals surface area contributed by atoms with Gasteiger partial charge in [0.2, 0.25) is 0 Å². The predicted octanol–water partition coefficient (Wildman–Crippen LogP) is 1.20. The van der Waals surface area contributed by atoms with Crippen LogP contribution in [-0.2, 0) is 11.2 Å². The number of aliphatic hydroxyl groups is 1. The molecule has 1 saturated carbocycles. The third-order valence-electron chi connectivity index (χ3n) is 3.42. The number of hydrogen-bond donors (Lipinski definition) is 3. The summed E-state index contributed by atoms with van der Waals surface area (Å²) in [5.41, 5.74) is -0.0396. The molecule has 1 aromatic carbocycles. The highest BCUT2D eigenvalue weighted by Crippen LogP contribution is 2.23. The standard InChI is InChI=1S/C15H21NO4/c1-15(14(18)19,16-12-4-5-12)10-20-13-6-2-11(3-7-13)8-9-17/h2-3,6-7,12,16-17H,4-5,8-10H2,1H3,(H,18,19). The monoisotopic (exact) mass is 279 g/mol. The first-order valence-electron chi connectivity index (χ1n) is 6.87. The van der Waals surface area contributed by atoms with E-state index in [1.165, 1.54) is 0 Å². The topological polar surface area (TPSA) is 78.8 Å². The van der Waals surface area contributed by atoms with Crippen LogP contribution in [-0.4, -0.2) is 41.0 Å². The maximum absolute atomic E-state index is 11.4. The third-order valence-corrected chi connectivity index (χ3v) is 3.42. The quantitative estimate of drug-likeness (QED) is 0.666. The third kappa shape index (κ3) is 3.95. The lowest BCUT2D eigenvalue weighted by Gasteiger charge is -2.26. The number of ether oxygens (including phenoxy) is 1. The second-order valence-electron chi connectivity index (χ2n) is 5.46. The van der Waals surface area contributed by atoms with Gasteiger partial charge in [0.1, 0.15) is 17.9 Å². The van der Waals surface area contributed by atoms with E-state index in [1.807, 2.05) is 12.1 Å². The second-order valence-corrected chi connectivity index (χ2v) is 5.46. The van der Waals surface area contributed by atoms with E-state index >= 15 is 0 Å². The zero-order chi connectivity index (χ0) is 14.6. The van der Waals surface area contributed by atoms with Gasteiger partial charge in [-0.25, -0.2) is 0 Å². The maximum atomic E-state index is 11.4. The van der Waals surface area contributed by atoms with Crippen molar-refractivity contribution in [3.8, 4) is 5.75 Å². The molecule has 5 heteroatoms. The van der Waals surface area contributed by atoms with Crippen LogP contribution in [0.3, 0.4) is 0 Å². The van der Waals surface area contributed by atoms with E-state index in [2.05, 4.69) is 5.32 Å². The number of carboxylic acid groups (broad SMARTS) is 1. The summed E-state index contributed by atoms with van der Waals surface area (Å²) >= 11 is 0. The van der Waals surface area contributed by atoms with Gasteiger partial charge in [0, 0.05) is 12.6 Å². The fraction of sp³-hybridized carbons (Fsp3) is 0.533. The molecular formula is C15H21NO4. The van der Waals surface area contributed by atoms with Crippen molar-refractivity contribution in [3.05, 3.63) is 29.8 Å². The molecule has 0 amide bonds. The van der Waals surface area contributed by atoms with Crippen molar-refractivity contribution in [1.29, 1.82) is 0 Å². The molecule has 20 heavy (non-hydrogen) atoms. The summed E-state index contributed by atoms with van der Waals surface area (Å²) in [5.74, 6) is -0.266. The number of hydrogen-bond acceptors (Lipinski definition) is 4. The summed E-state index contributed by atoms with van der Waals surface area (Å²) in [5, 5.41) is 21.3. The van der Waals surface area contributed by atoms with Crippen LogP contribution in [0, 0.1) is 0 Å². The smallest absolute Gasteiger partial charge is 0.327 e. The number of carboxylic acids is 1. The van der Waals surface area contributed by atoms with Gasteiger partial charge in [0.15, 0.2) is 0 Å². The number of benzene rings is 1. The zero-order valence-corrected chi connectivity index (χ0v) is 11.6. The Morgan fingerprint density at radius 1 is 1.40 bits per heavy atom. The van der Waals surface area contributed by atoms with Gasteiger partial charge in [-0.3, -0.25) is 10.1 Å². The zero-order valence-electron chi connectivity index (χ0n) is 11.6.